The average molecular weight is 264 g/mol. The summed E-state index contributed by atoms with van der Waals surface area (Å²) in [5.41, 5.74) is 2.45. The first-order valence-electron chi connectivity index (χ1n) is 6.18. The minimum absolute atomic E-state index is 0.152. The summed E-state index contributed by atoms with van der Waals surface area (Å²) >= 11 is 1.74. The maximum Gasteiger partial charge on any atom is 0.0982 e. The Kier molecular flexibility index (Phi) is 4.14. The molecule has 0 unspecified atom stereocenters. The van der Waals surface area contributed by atoms with Crippen molar-refractivity contribution in [3.05, 3.63) is 34.3 Å². The summed E-state index contributed by atoms with van der Waals surface area (Å²) in [7, 11) is 0. The van der Waals surface area contributed by atoms with Crippen LogP contribution in [0.1, 0.15) is 37.2 Å². The van der Waals surface area contributed by atoms with Crippen molar-refractivity contribution in [1.29, 1.82) is 0 Å². The Morgan fingerprint density at radius 2 is 2.22 bits per heavy atom. The topological polar surface area (TPSA) is 53.6 Å². The van der Waals surface area contributed by atoms with Crippen LogP contribution < -0.4 is 5.32 Å². The van der Waals surface area contributed by atoms with E-state index in [0.29, 0.717) is 0 Å². The SMILES string of the molecule is CC(C)(C)c1nc(CNCCc2cnc[nH]2)cs1. The van der Waals surface area contributed by atoms with Gasteiger partial charge in [-0.05, 0) is 0 Å². The van der Waals surface area contributed by atoms with Crippen molar-refractivity contribution in [1.82, 2.24) is 20.3 Å². The molecule has 0 aliphatic carbocycles. The van der Waals surface area contributed by atoms with Crippen LogP contribution in [0.15, 0.2) is 17.9 Å². The summed E-state index contributed by atoms with van der Waals surface area (Å²) in [6.45, 7) is 8.36. The molecule has 18 heavy (non-hydrogen) atoms. The molecule has 0 fully saturated rings. The summed E-state index contributed by atoms with van der Waals surface area (Å²) in [5.74, 6) is 0. The maximum atomic E-state index is 4.65. The lowest BCUT2D eigenvalue weighted by Gasteiger charge is -2.13. The van der Waals surface area contributed by atoms with Crippen LogP contribution in [-0.2, 0) is 18.4 Å². The van der Waals surface area contributed by atoms with Crippen LogP contribution in [0.25, 0.3) is 0 Å². The highest BCUT2D eigenvalue weighted by molar-refractivity contribution is 7.09. The van der Waals surface area contributed by atoms with Gasteiger partial charge >= 0.3 is 0 Å². The first kappa shape index (κ1) is 13.2. The molecule has 0 saturated carbocycles. The molecular weight excluding hydrogens is 244 g/mol. The van der Waals surface area contributed by atoms with Gasteiger partial charge in [0.05, 0.1) is 17.0 Å². The zero-order chi connectivity index (χ0) is 13.0. The van der Waals surface area contributed by atoms with E-state index in [4.69, 9.17) is 0 Å². The Bertz CT molecular complexity index is 467. The predicted octanol–water partition coefficient (Wildman–Crippen LogP) is 2.50. The van der Waals surface area contributed by atoms with Gasteiger partial charge in [-0.1, -0.05) is 20.8 Å². The van der Waals surface area contributed by atoms with Crippen molar-refractivity contribution in [2.45, 2.75) is 39.2 Å². The Morgan fingerprint density at radius 1 is 1.39 bits per heavy atom. The molecular formula is C13H20N4S. The first-order valence-corrected chi connectivity index (χ1v) is 7.06. The molecule has 0 aliphatic heterocycles. The lowest BCUT2D eigenvalue weighted by Crippen LogP contribution is -2.17. The lowest BCUT2D eigenvalue weighted by atomic mass is 9.98. The van der Waals surface area contributed by atoms with E-state index in [-0.39, 0.29) is 5.41 Å². The van der Waals surface area contributed by atoms with E-state index in [1.807, 2.05) is 6.20 Å². The second kappa shape index (κ2) is 5.63. The van der Waals surface area contributed by atoms with Crippen molar-refractivity contribution in [3.8, 4) is 0 Å². The van der Waals surface area contributed by atoms with Gasteiger partial charge in [-0.2, -0.15) is 0 Å². The van der Waals surface area contributed by atoms with Gasteiger partial charge in [-0.25, -0.2) is 9.97 Å². The van der Waals surface area contributed by atoms with E-state index < -0.39 is 0 Å². The fourth-order valence-electron chi connectivity index (χ4n) is 1.59. The van der Waals surface area contributed by atoms with Crippen LogP contribution in [0.5, 0.6) is 0 Å². The van der Waals surface area contributed by atoms with Gasteiger partial charge in [0.1, 0.15) is 0 Å². The molecule has 0 radical (unpaired) electrons. The molecule has 4 nitrogen and oxygen atoms in total. The molecule has 2 aromatic heterocycles. The Morgan fingerprint density at radius 3 is 2.83 bits per heavy atom. The van der Waals surface area contributed by atoms with Gasteiger partial charge in [0.15, 0.2) is 0 Å². The highest BCUT2D eigenvalue weighted by atomic mass is 32.1. The molecule has 0 atom stereocenters. The number of hydrogen-bond acceptors (Lipinski definition) is 4. The molecule has 0 saturated heterocycles. The Balaban J connectivity index is 1.75. The summed E-state index contributed by atoms with van der Waals surface area (Å²) in [5, 5.41) is 6.75. The zero-order valence-corrected chi connectivity index (χ0v) is 12.0. The van der Waals surface area contributed by atoms with E-state index >= 15 is 0 Å². The largest absolute Gasteiger partial charge is 0.348 e. The molecule has 2 rings (SSSR count). The van der Waals surface area contributed by atoms with Gasteiger partial charge in [0.2, 0.25) is 0 Å². The second-order valence-electron chi connectivity index (χ2n) is 5.40. The zero-order valence-electron chi connectivity index (χ0n) is 11.2. The Labute approximate surface area is 112 Å². The highest BCUT2D eigenvalue weighted by Gasteiger charge is 2.17. The summed E-state index contributed by atoms with van der Waals surface area (Å²) < 4.78 is 0. The molecule has 5 heteroatoms. The molecule has 0 aromatic carbocycles. The van der Waals surface area contributed by atoms with E-state index in [0.717, 1.165) is 30.9 Å². The monoisotopic (exact) mass is 264 g/mol. The average Bonchev–Trinajstić information content (AvgIpc) is 2.95. The normalized spacial score (nSPS) is 11.9. The third-order valence-corrected chi connectivity index (χ3v) is 3.94. The first-order chi connectivity index (χ1) is 8.55. The van der Waals surface area contributed by atoms with Crippen LogP contribution in [0.2, 0.25) is 0 Å². The smallest absolute Gasteiger partial charge is 0.0982 e. The van der Waals surface area contributed by atoms with E-state index in [2.05, 4.69) is 46.4 Å². The summed E-state index contributed by atoms with van der Waals surface area (Å²) in [6, 6.07) is 0. The van der Waals surface area contributed by atoms with Crippen molar-refractivity contribution >= 4 is 11.3 Å². The van der Waals surface area contributed by atoms with Crippen LogP contribution in [-0.4, -0.2) is 21.5 Å². The second-order valence-corrected chi connectivity index (χ2v) is 6.26. The fraction of sp³-hybridized carbons (Fsp3) is 0.538. The van der Waals surface area contributed by atoms with Crippen molar-refractivity contribution < 1.29 is 0 Å². The number of nitrogens with one attached hydrogen (secondary N) is 2. The minimum Gasteiger partial charge on any atom is -0.348 e. The number of thiazole rings is 1. The maximum absolute atomic E-state index is 4.65. The molecule has 0 bridgehead atoms. The van der Waals surface area contributed by atoms with Gasteiger partial charge in [0.25, 0.3) is 0 Å². The third-order valence-electron chi connectivity index (χ3n) is 2.63. The molecule has 0 amide bonds. The lowest BCUT2D eigenvalue weighted by molar-refractivity contribution is 0.579. The minimum atomic E-state index is 0.152. The number of nitrogens with zero attached hydrogens (tertiary/aromatic N) is 2. The number of imidazole rings is 1. The van der Waals surface area contributed by atoms with Gasteiger partial charge in [-0.3, -0.25) is 0 Å². The molecule has 2 aromatic rings. The van der Waals surface area contributed by atoms with E-state index in [1.165, 1.54) is 5.01 Å². The van der Waals surface area contributed by atoms with Gasteiger partial charge in [-0.15, -0.1) is 11.3 Å². The van der Waals surface area contributed by atoms with E-state index in [9.17, 15) is 0 Å². The van der Waals surface area contributed by atoms with Crippen LogP contribution >= 0.6 is 11.3 Å². The van der Waals surface area contributed by atoms with Gasteiger partial charge in [0, 0.05) is 42.2 Å². The summed E-state index contributed by atoms with van der Waals surface area (Å²) in [6.07, 6.45) is 4.55. The van der Waals surface area contributed by atoms with Crippen molar-refractivity contribution in [3.63, 3.8) is 0 Å². The quantitative estimate of drug-likeness (QED) is 0.816. The van der Waals surface area contributed by atoms with Gasteiger partial charge < -0.3 is 10.3 Å². The van der Waals surface area contributed by atoms with Crippen molar-refractivity contribution in [2.24, 2.45) is 0 Å². The number of rotatable bonds is 5. The number of H-pyrrole nitrogens is 1. The van der Waals surface area contributed by atoms with Crippen LogP contribution in [0.3, 0.4) is 0 Å². The number of aromatic amines is 1. The molecule has 0 spiro atoms. The molecule has 0 aliphatic rings. The van der Waals surface area contributed by atoms with Crippen LogP contribution in [0, 0.1) is 0 Å². The van der Waals surface area contributed by atoms with E-state index in [1.54, 1.807) is 17.7 Å². The number of aromatic nitrogens is 3. The fourth-order valence-corrected chi connectivity index (χ4v) is 2.50. The van der Waals surface area contributed by atoms with Crippen LogP contribution in [0.4, 0.5) is 0 Å². The molecule has 2 N–H and O–H groups in total. The Hall–Kier alpha value is -1.20. The molecule has 2 heterocycles. The molecule has 98 valence electrons. The number of hydrogen-bond donors (Lipinski definition) is 2. The highest BCUT2D eigenvalue weighted by Crippen LogP contribution is 2.25. The predicted molar refractivity (Wildman–Crippen MR) is 74.8 cm³/mol. The summed E-state index contributed by atoms with van der Waals surface area (Å²) in [4.78, 5) is 11.7. The third kappa shape index (κ3) is 3.65. The van der Waals surface area contributed by atoms with Crippen molar-refractivity contribution in [2.75, 3.05) is 6.54 Å². The standard InChI is InChI=1S/C13H20N4S/c1-13(2,3)12-17-11(8-18-12)7-14-5-4-10-6-15-9-16-10/h6,8-9,14H,4-5,7H2,1-3H3,(H,15,16).